The van der Waals surface area contributed by atoms with Crippen LogP contribution in [0.5, 0.6) is 11.5 Å². The highest BCUT2D eigenvalue weighted by molar-refractivity contribution is 5.50. The van der Waals surface area contributed by atoms with Crippen LogP contribution in [0.2, 0.25) is 0 Å². The number of hydrogen-bond acceptors (Lipinski definition) is 3. The molecule has 1 aromatic carbocycles. The quantitative estimate of drug-likeness (QED) is 0.820. The van der Waals surface area contributed by atoms with Crippen molar-refractivity contribution in [2.75, 3.05) is 20.8 Å². The van der Waals surface area contributed by atoms with E-state index in [9.17, 15) is 0 Å². The molecular weight excluding hydrogens is 190 g/mol. The van der Waals surface area contributed by atoms with Crippen LogP contribution in [0.25, 0.3) is 0 Å². The Kier molecular flexibility index (Phi) is 2.82. The molecule has 0 spiro atoms. The number of fused-ring (bicyclic) bond motifs is 1. The monoisotopic (exact) mass is 207 g/mol. The fourth-order valence-electron chi connectivity index (χ4n) is 2.29. The second-order valence-electron chi connectivity index (χ2n) is 3.87. The van der Waals surface area contributed by atoms with Crippen molar-refractivity contribution < 1.29 is 9.47 Å². The Balaban J connectivity index is 2.48. The molecular formula is C12H17NO2. The van der Waals surface area contributed by atoms with Crippen LogP contribution in [0.1, 0.15) is 23.5 Å². The minimum absolute atomic E-state index is 0.462. The van der Waals surface area contributed by atoms with E-state index in [2.05, 4.69) is 6.07 Å². The zero-order valence-corrected chi connectivity index (χ0v) is 9.25. The van der Waals surface area contributed by atoms with Gasteiger partial charge in [-0.05, 0) is 42.5 Å². The summed E-state index contributed by atoms with van der Waals surface area (Å²) in [6.07, 6.45) is 2.18. The number of methoxy groups -OCH3 is 2. The van der Waals surface area contributed by atoms with E-state index in [0.717, 1.165) is 24.3 Å². The summed E-state index contributed by atoms with van der Waals surface area (Å²) in [6, 6.07) is 4.03. The fourth-order valence-corrected chi connectivity index (χ4v) is 2.29. The van der Waals surface area contributed by atoms with Crippen LogP contribution in [0, 0.1) is 0 Å². The highest BCUT2D eigenvalue weighted by atomic mass is 16.5. The van der Waals surface area contributed by atoms with E-state index in [-0.39, 0.29) is 0 Å². The Morgan fingerprint density at radius 3 is 2.73 bits per heavy atom. The van der Waals surface area contributed by atoms with E-state index in [1.807, 2.05) is 6.07 Å². The molecule has 2 N–H and O–H groups in total. The van der Waals surface area contributed by atoms with Crippen LogP contribution < -0.4 is 15.2 Å². The van der Waals surface area contributed by atoms with Crippen LogP contribution >= 0.6 is 0 Å². The number of ether oxygens (including phenoxy) is 2. The number of rotatable bonds is 3. The van der Waals surface area contributed by atoms with Gasteiger partial charge in [0.1, 0.15) is 11.5 Å². The Morgan fingerprint density at radius 2 is 2.13 bits per heavy atom. The lowest BCUT2D eigenvalue weighted by Crippen LogP contribution is -2.09. The molecule has 1 aliphatic carbocycles. The first-order valence-corrected chi connectivity index (χ1v) is 5.25. The maximum Gasteiger partial charge on any atom is 0.126 e. The normalized spacial score (nSPS) is 18.7. The summed E-state index contributed by atoms with van der Waals surface area (Å²) >= 11 is 0. The molecule has 15 heavy (non-hydrogen) atoms. The summed E-state index contributed by atoms with van der Waals surface area (Å²) < 4.78 is 10.6. The van der Waals surface area contributed by atoms with E-state index >= 15 is 0 Å². The molecule has 1 atom stereocenters. The van der Waals surface area contributed by atoms with Gasteiger partial charge in [0.05, 0.1) is 14.2 Å². The Bertz CT molecular complexity index is 363. The first kappa shape index (κ1) is 10.3. The zero-order chi connectivity index (χ0) is 10.8. The molecule has 3 heteroatoms. The molecule has 2 rings (SSSR count). The van der Waals surface area contributed by atoms with Crippen molar-refractivity contribution in [2.45, 2.75) is 18.8 Å². The summed E-state index contributed by atoms with van der Waals surface area (Å²) in [7, 11) is 3.37. The molecule has 0 heterocycles. The predicted molar refractivity (Wildman–Crippen MR) is 59.7 cm³/mol. The topological polar surface area (TPSA) is 44.5 Å². The van der Waals surface area contributed by atoms with Crippen LogP contribution in [-0.2, 0) is 6.42 Å². The minimum atomic E-state index is 0.462. The van der Waals surface area contributed by atoms with Gasteiger partial charge in [-0.1, -0.05) is 0 Å². The molecule has 0 radical (unpaired) electrons. The van der Waals surface area contributed by atoms with Gasteiger partial charge < -0.3 is 15.2 Å². The second kappa shape index (κ2) is 4.11. The summed E-state index contributed by atoms with van der Waals surface area (Å²) in [5, 5.41) is 0. The summed E-state index contributed by atoms with van der Waals surface area (Å²) in [5.41, 5.74) is 8.35. The largest absolute Gasteiger partial charge is 0.497 e. The van der Waals surface area contributed by atoms with Gasteiger partial charge in [-0.3, -0.25) is 0 Å². The summed E-state index contributed by atoms with van der Waals surface area (Å²) in [6.45, 7) is 0.698. The summed E-state index contributed by atoms with van der Waals surface area (Å²) in [4.78, 5) is 0. The summed E-state index contributed by atoms with van der Waals surface area (Å²) in [5.74, 6) is 2.25. The lowest BCUT2D eigenvalue weighted by Gasteiger charge is -2.12. The van der Waals surface area contributed by atoms with E-state index in [1.54, 1.807) is 14.2 Å². The molecule has 0 aliphatic heterocycles. The van der Waals surface area contributed by atoms with E-state index < -0.39 is 0 Å². The third-order valence-corrected chi connectivity index (χ3v) is 3.14. The van der Waals surface area contributed by atoms with Gasteiger partial charge in [0.15, 0.2) is 0 Å². The average molecular weight is 207 g/mol. The fraction of sp³-hybridized carbons (Fsp3) is 0.500. The van der Waals surface area contributed by atoms with Crippen molar-refractivity contribution in [2.24, 2.45) is 5.73 Å². The van der Waals surface area contributed by atoms with Gasteiger partial charge in [-0.2, -0.15) is 0 Å². The van der Waals surface area contributed by atoms with Crippen LogP contribution in [0.4, 0.5) is 0 Å². The molecule has 0 saturated carbocycles. The van der Waals surface area contributed by atoms with Gasteiger partial charge in [-0.25, -0.2) is 0 Å². The minimum Gasteiger partial charge on any atom is -0.497 e. The molecule has 0 saturated heterocycles. The van der Waals surface area contributed by atoms with Crippen molar-refractivity contribution in [3.8, 4) is 11.5 Å². The van der Waals surface area contributed by atoms with Crippen LogP contribution in [0.3, 0.4) is 0 Å². The molecule has 3 nitrogen and oxygen atoms in total. The standard InChI is InChI=1S/C12H17NO2/c1-14-9-5-11-8(7-13)3-4-10(11)12(6-9)15-2/h5-6,8H,3-4,7,13H2,1-2H3. The second-order valence-corrected chi connectivity index (χ2v) is 3.87. The van der Waals surface area contributed by atoms with Crippen molar-refractivity contribution in [1.29, 1.82) is 0 Å². The third kappa shape index (κ3) is 1.67. The lowest BCUT2D eigenvalue weighted by molar-refractivity contribution is 0.391. The smallest absolute Gasteiger partial charge is 0.126 e. The van der Waals surface area contributed by atoms with Crippen LogP contribution in [-0.4, -0.2) is 20.8 Å². The van der Waals surface area contributed by atoms with Crippen LogP contribution in [0.15, 0.2) is 12.1 Å². The predicted octanol–water partition coefficient (Wildman–Crippen LogP) is 1.69. The number of benzene rings is 1. The Morgan fingerprint density at radius 1 is 1.33 bits per heavy atom. The number of nitrogens with two attached hydrogens (primary N) is 1. The van der Waals surface area contributed by atoms with Gasteiger partial charge in [0.25, 0.3) is 0 Å². The molecule has 1 aliphatic rings. The SMILES string of the molecule is COc1cc(OC)c2c(c1)C(CN)CC2. The Labute approximate surface area is 90.2 Å². The van der Waals surface area contributed by atoms with Gasteiger partial charge >= 0.3 is 0 Å². The molecule has 0 bridgehead atoms. The van der Waals surface area contributed by atoms with E-state index in [4.69, 9.17) is 15.2 Å². The highest BCUT2D eigenvalue weighted by Crippen LogP contribution is 2.40. The lowest BCUT2D eigenvalue weighted by atomic mass is 10.0. The average Bonchev–Trinajstić information content (AvgIpc) is 2.70. The van der Waals surface area contributed by atoms with Crippen molar-refractivity contribution in [1.82, 2.24) is 0 Å². The number of hydrogen-bond donors (Lipinski definition) is 1. The highest BCUT2D eigenvalue weighted by Gasteiger charge is 2.25. The van der Waals surface area contributed by atoms with E-state index in [1.165, 1.54) is 11.1 Å². The van der Waals surface area contributed by atoms with Gasteiger partial charge in [0, 0.05) is 6.07 Å². The maximum absolute atomic E-state index is 5.75. The van der Waals surface area contributed by atoms with Gasteiger partial charge in [-0.15, -0.1) is 0 Å². The maximum atomic E-state index is 5.75. The molecule has 0 aromatic heterocycles. The van der Waals surface area contributed by atoms with Crippen molar-refractivity contribution in [3.63, 3.8) is 0 Å². The van der Waals surface area contributed by atoms with Gasteiger partial charge in [0.2, 0.25) is 0 Å². The molecule has 0 fully saturated rings. The first-order chi connectivity index (χ1) is 7.30. The van der Waals surface area contributed by atoms with Crippen molar-refractivity contribution in [3.05, 3.63) is 23.3 Å². The van der Waals surface area contributed by atoms with Crippen molar-refractivity contribution >= 4 is 0 Å². The zero-order valence-electron chi connectivity index (χ0n) is 9.25. The molecule has 0 amide bonds. The Hall–Kier alpha value is -1.22. The first-order valence-electron chi connectivity index (χ1n) is 5.25. The van der Waals surface area contributed by atoms with E-state index in [0.29, 0.717) is 12.5 Å². The molecule has 1 aromatic rings. The molecule has 1 unspecified atom stereocenters. The third-order valence-electron chi connectivity index (χ3n) is 3.14. The molecule has 82 valence electrons.